The van der Waals surface area contributed by atoms with Crippen LogP contribution >= 0.6 is 15.9 Å². The van der Waals surface area contributed by atoms with Crippen molar-refractivity contribution in [3.8, 4) is 0 Å². The van der Waals surface area contributed by atoms with Crippen molar-refractivity contribution in [1.29, 1.82) is 0 Å². The van der Waals surface area contributed by atoms with Gasteiger partial charge in [0.05, 0.1) is 15.9 Å². The van der Waals surface area contributed by atoms with Gasteiger partial charge in [-0.1, -0.05) is 22.0 Å². The van der Waals surface area contributed by atoms with Crippen molar-refractivity contribution in [2.45, 2.75) is 24.1 Å². The van der Waals surface area contributed by atoms with Crippen LogP contribution in [0.15, 0.2) is 30.6 Å². The Morgan fingerprint density at radius 2 is 2.00 bits per heavy atom. The van der Waals surface area contributed by atoms with E-state index < -0.39 is 0 Å². The normalized spacial score (nSPS) is 16.7. The van der Waals surface area contributed by atoms with Crippen LogP contribution in [0.4, 0.5) is 0 Å². The molecule has 92 valence electrons. The zero-order valence-corrected chi connectivity index (χ0v) is 11.4. The first-order chi connectivity index (χ1) is 8.74. The second-order valence-electron chi connectivity index (χ2n) is 4.73. The Hall–Kier alpha value is -1.29. The highest BCUT2D eigenvalue weighted by Gasteiger charge is 2.33. The number of aromatic nitrogens is 2. The molecule has 0 amide bonds. The Morgan fingerprint density at radius 3 is 2.72 bits per heavy atom. The number of hydrogen-bond acceptors (Lipinski definition) is 3. The number of nitrogens with zero attached hydrogens (tertiary/aromatic N) is 2. The number of carbonyl (C=O) groups is 1. The Labute approximate surface area is 114 Å². The van der Waals surface area contributed by atoms with Crippen LogP contribution in [0.5, 0.6) is 0 Å². The van der Waals surface area contributed by atoms with Gasteiger partial charge in [-0.25, -0.2) is 0 Å². The molecule has 2 aromatic rings. The first kappa shape index (κ1) is 11.8. The van der Waals surface area contributed by atoms with E-state index in [2.05, 4.69) is 25.9 Å². The molecule has 0 aliphatic heterocycles. The van der Waals surface area contributed by atoms with Crippen LogP contribution in [0.3, 0.4) is 0 Å². The quantitative estimate of drug-likeness (QED) is 0.816. The van der Waals surface area contributed by atoms with E-state index in [-0.39, 0.29) is 4.83 Å². The monoisotopic (exact) mass is 304 g/mol. The largest absolute Gasteiger partial charge is 0.298 e. The summed E-state index contributed by atoms with van der Waals surface area (Å²) in [6.07, 6.45) is 6.22. The zero-order chi connectivity index (χ0) is 12.5. The summed E-state index contributed by atoms with van der Waals surface area (Å²) in [5, 5.41) is 0. The standard InChI is InChI=1S/C14H13BrN2O/c15-11(14(18)10-2-3-10)7-9-1-4-12-13(8-9)17-6-5-16-12/h1,4-6,8,10-11H,2-3,7H2. The van der Waals surface area contributed by atoms with Crippen molar-refractivity contribution in [3.63, 3.8) is 0 Å². The fourth-order valence-electron chi connectivity index (χ4n) is 2.07. The lowest BCUT2D eigenvalue weighted by Crippen LogP contribution is -2.18. The number of halogens is 1. The van der Waals surface area contributed by atoms with Crippen molar-refractivity contribution in [2.75, 3.05) is 0 Å². The van der Waals surface area contributed by atoms with Crippen LogP contribution in [0.25, 0.3) is 11.0 Å². The minimum atomic E-state index is -0.0703. The van der Waals surface area contributed by atoms with Gasteiger partial charge in [0.25, 0.3) is 0 Å². The predicted molar refractivity (Wildman–Crippen MR) is 73.7 cm³/mol. The van der Waals surface area contributed by atoms with Crippen LogP contribution in [-0.2, 0) is 11.2 Å². The number of carbonyl (C=O) groups excluding carboxylic acids is 1. The molecular weight excluding hydrogens is 292 g/mol. The van der Waals surface area contributed by atoms with E-state index in [1.807, 2.05) is 18.2 Å². The van der Waals surface area contributed by atoms with Crippen LogP contribution in [-0.4, -0.2) is 20.6 Å². The van der Waals surface area contributed by atoms with E-state index in [0.29, 0.717) is 11.7 Å². The molecule has 1 aliphatic rings. The summed E-state index contributed by atoms with van der Waals surface area (Å²) in [6.45, 7) is 0. The molecule has 18 heavy (non-hydrogen) atoms. The summed E-state index contributed by atoms with van der Waals surface area (Å²) >= 11 is 3.50. The Kier molecular flexibility index (Phi) is 3.12. The minimum absolute atomic E-state index is 0.0703. The fraction of sp³-hybridized carbons (Fsp3) is 0.357. The third-order valence-electron chi connectivity index (χ3n) is 3.24. The molecule has 1 atom stereocenters. The summed E-state index contributed by atoms with van der Waals surface area (Å²) in [4.78, 5) is 20.3. The molecular formula is C14H13BrN2O. The SMILES string of the molecule is O=C(C(Br)Cc1ccc2nccnc2c1)C1CC1. The summed E-state index contributed by atoms with van der Waals surface area (Å²) in [5.74, 6) is 0.642. The molecule has 1 aromatic carbocycles. The molecule has 3 rings (SSSR count). The van der Waals surface area contributed by atoms with Gasteiger partial charge >= 0.3 is 0 Å². The Bertz CT molecular complexity index is 595. The maximum absolute atomic E-state index is 11.9. The highest BCUT2D eigenvalue weighted by atomic mass is 79.9. The molecule has 1 fully saturated rings. The van der Waals surface area contributed by atoms with Crippen molar-refractivity contribution in [1.82, 2.24) is 9.97 Å². The number of fused-ring (bicyclic) bond motifs is 1. The molecule has 0 spiro atoms. The maximum Gasteiger partial charge on any atom is 0.149 e. The van der Waals surface area contributed by atoms with Gasteiger partial charge in [0.15, 0.2) is 0 Å². The molecule has 1 aromatic heterocycles. The third kappa shape index (κ3) is 2.43. The summed E-state index contributed by atoms with van der Waals surface area (Å²) in [6, 6.07) is 5.99. The highest BCUT2D eigenvalue weighted by Crippen LogP contribution is 2.33. The third-order valence-corrected chi connectivity index (χ3v) is 4.01. The van der Waals surface area contributed by atoms with Crippen molar-refractivity contribution < 1.29 is 4.79 Å². The summed E-state index contributed by atoms with van der Waals surface area (Å²) in [5.41, 5.74) is 2.90. The van der Waals surface area contributed by atoms with Crippen LogP contribution in [0, 0.1) is 5.92 Å². The van der Waals surface area contributed by atoms with Gasteiger partial charge in [0.2, 0.25) is 0 Å². The maximum atomic E-state index is 11.9. The second kappa shape index (κ2) is 4.76. The van der Waals surface area contributed by atoms with Gasteiger partial charge in [0, 0.05) is 18.3 Å². The van der Waals surface area contributed by atoms with Gasteiger partial charge in [0.1, 0.15) is 5.78 Å². The first-order valence-corrected chi connectivity index (χ1v) is 7.03. The molecule has 3 nitrogen and oxygen atoms in total. The van der Waals surface area contributed by atoms with E-state index in [0.717, 1.165) is 35.9 Å². The molecule has 0 saturated heterocycles. The van der Waals surface area contributed by atoms with Gasteiger partial charge in [-0.2, -0.15) is 0 Å². The van der Waals surface area contributed by atoms with Crippen LogP contribution in [0.2, 0.25) is 0 Å². The van der Waals surface area contributed by atoms with Gasteiger partial charge in [-0.05, 0) is 37.0 Å². The summed E-state index contributed by atoms with van der Waals surface area (Å²) in [7, 11) is 0. The predicted octanol–water partition coefficient (Wildman–Crippen LogP) is 2.91. The molecule has 4 heteroatoms. The van der Waals surface area contributed by atoms with Gasteiger partial charge in [-0.15, -0.1) is 0 Å². The topological polar surface area (TPSA) is 42.9 Å². The average Bonchev–Trinajstić information content (AvgIpc) is 3.22. The zero-order valence-electron chi connectivity index (χ0n) is 9.84. The van der Waals surface area contributed by atoms with E-state index in [4.69, 9.17) is 0 Å². The lowest BCUT2D eigenvalue weighted by Gasteiger charge is -2.08. The van der Waals surface area contributed by atoms with Crippen LogP contribution < -0.4 is 0 Å². The molecule has 0 radical (unpaired) electrons. The summed E-state index contributed by atoms with van der Waals surface area (Å²) < 4.78 is 0. The van der Waals surface area contributed by atoms with E-state index in [9.17, 15) is 4.79 Å². The first-order valence-electron chi connectivity index (χ1n) is 6.11. The van der Waals surface area contributed by atoms with Crippen molar-refractivity contribution >= 4 is 32.7 Å². The Balaban J connectivity index is 1.79. The number of benzene rings is 1. The number of rotatable bonds is 4. The number of hydrogen-bond donors (Lipinski definition) is 0. The van der Waals surface area contributed by atoms with Crippen LogP contribution in [0.1, 0.15) is 18.4 Å². The highest BCUT2D eigenvalue weighted by molar-refractivity contribution is 9.10. The molecule has 1 aliphatic carbocycles. The minimum Gasteiger partial charge on any atom is -0.298 e. The molecule has 0 bridgehead atoms. The fourth-order valence-corrected chi connectivity index (χ4v) is 2.81. The van der Waals surface area contributed by atoms with Crippen molar-refractivity contribution in [2.24, 2.45) is 5.92 Å². The van der Waals surface area contributed by atoms with E-state index >= 15 is 0 Å². The van der Waals surface area contributed by atoms with E-state index in [1.165, 1.54) is 0 Å². The molecule has 1 heterocycles. The molecule has 1 saturated carbocycles. The number of ketones is 1. The Morgan fingerprint density at radius 1 is 1.28 bits per heavy atom. The number of Topliss-reactive ketones (excluding diaryl/α,β-unsaturated/α-hetero) is 1. The lowest BCUT2D eigenvalue weighted by atomic mass is 10.0. The second-order valence-corrected chi connectivity index (χ2v) is 5.83. The van der Waals surface area contributed by atoms with Gasteiger partial charge in [-0.3, -0.25) is 14.8 Å². The van der Waals surface area contributed by atoms with Crippen molar-refractivity contribution in [3.05, 3.63) is 36.2 Å². The molecule has 1 unspecified atom stereocenters. The molecule has 0 N–H and O–H groups in total. The smallest absolute Gasteiger partial charge is 0.149 e. The lowest BCUT2D eigenvalue weighted by molar-refractivity contribution is -0.119. The number of alkyl halides is 1. The van der Waals surface area contributed by atoms with Gasteiger partial charge < -0.3 is 0 Å². The van der Waals surface area contributed by atoms with E-state index in [1.54, 1.807) is 12.4 Å². The average molecular weight is 305 g/mol.